The number of carbonyl (C=O) groups excluding carboxylic acids is 1. The van der Waals surface area contributed by atoms with E-state index in [1.807, 2.05) is 33.2 Å². The van der Waals surface area contributed by atoms with Crippen LogP contribution in [0, 0.1) is 11.2 Å². The lowest BCUT2D eigenvalue weighted by molar-refractivity contribution is -0.138. The normalized spacial score (nSPS) is 19.2. The standard InChI is InChI=1S/C22H33FN4O.HI/c1-4-24-20(26-16-22(11-7-8-12-22)19(28)27(2)3)25-15-21(13-14-21)17-9-5-6-10-18(17)23;/h5-6,9-10H,4,7-8,11-16H2,1-3H3,(H2,24,25,26);1H. The lowest BCUT2D eigenvalue weighted by Gasteiger charge is -2.29. The Morgan fingerprint density at radius 1 is 1.14 bits per heavy atom. The molecule has 0 heterocycles. The van der Waals surface area contributed by atoms with E-state index in [1.54, 1.807) is 11.0 Å². The smallest absolute Gasteiger partial charge is 0.230 e. The van der Waals surface area contributed by atoms with Gasteiger partial charge in [0.05, 0.1) is 12.0 Å². The number of rotatable bonds is 7. The highest BCUT2D eigenvalue weighted by Crippen LogP contribution is 2.48. The minimum Gasteiger partial charge on any atom is -0.357 e. The molecule has 162 valence electrons. The van der Waals surface area contributed by atoms with E-state index in [4.69, 9.17) is 4.99 Å². The predicted molar refractivity (Wildman–Crippen MR) is 126 cm³/mol. The molecule has 2 saturated carbocycles. The Labute approximate surface area is 190 Å². The zero-order valence-corrected chi connectivity index (χ0v) is 20.1. The van der Waals surface area contributed by atoms with Gasteiger partial charge in [0.2, 0.25) is 5.91 Å². The molecule has 5 nitrogen and oxygen atoms in total. The number of carbonyl (C=O) groups is 1. The van der Waals surface area contributed by atoms with Gasteiger partial charge in [-0.25, -0.2) is 4.39 Å². The zero-order valence-electron chi connectivity index (χ0n) is 17.8. The molecular formula is C22H34FIN4O. The number of guanidine groups is 1. The van der Waals surface area contributed by atoms with Gasteiger partial charge in [0.25, 0.3) is 0 Å². The maximum atomic E-state index is 14.2. The molecule has 0 aliphatic heterocycles. The average Bonchev–Trinajstić information content (AvgIpc) is 3.31. The highest BCUT2D eigenvalue weighted by atomic mass is 127. The van der Waals surface area contributed by atoms with Crippen LogP contribution in [-0.2, 0) is 10.2 Å². The fourth-order valence-corrected chi connectivity index (χ4v) is 4.37. The van der Waals surface area contributed by atoms with E-state index in [0.717, 1.165) is 50.6 Å². The van der Waals surface area contributed by atoms with Crippen LogP contribution < -0.4 is 10.6 Å². The van der Waals surface area contributed by atoms with Crippen molar-refractivity contribution in [2.75, 3.05) is 33.7 Å². The molecule has 1 aromatic rings. The summed E-state index contributed by atoms with van der Waals surface area (Å²) < 4.78 is 14.2. The molecule has 0 bridgehead atoms. The van der Waals surface area contributed by atoms with Crippen molar-refractivity contribution in [2.45, 2.75) is 50.9 Å². The van der Waals surface area contributed by atoms with E-state index in [9.17, 15) is 9.18 Å². The molecule has 0 saturated heterocycles. The van der Waals surface area contributed by atoms with Gasteiger partial charge in [-0.1, -0.05) is 31.0 Å². The van der Waals surface area contributed by atoms with Gasteiger partial charge in [-0.05, 0) is 44.2 Å². The van der Waals surface area contributed by atoms with Gasteiger partial charge in [0.15, 0.2) is 5.96 Å². The fourth-order valence-electron chi connectivity index (χ4n) is 4.37. The summed E-state index contributed by atoms with van der Waals surface area (Å²) in [5.41, 5.74) is 0.258. The molecule has 0 atom stereocenters. The Morgan fingerprint density at radius 2 is 1.79 bits per heavy atom. The Bertz CT molecular complexity index is 727. The van der Waals surface area contributed by atoms with E-state index >= 15 is 0 Å². The molecule has 1 amide bonds. The average molecular weight is 516 g/mol. The molecule has 0 unspecified atom stereocenters. The van der Waals surface area contributed by atoms with Crippen LogP contribution in [0.3, 0.4) is 0 Å². The zero-order chi connectivity index (χ0) is 20.2. The van der Waals surface area contributed by atoms with Crippen molar-refractivity contribution < 1.29 is 9.18 Å². The third-order valence-electron chi connectivity index (χ3n) is 6.20. The van der Waals surface area contributed by atoms with Crippen LogP contribution >= 0.6 is 24.0 Å². The third-order valence-corrected chi connectivity index (χ3v) is 6.20. The Morgan fingerprint density at radius 3 is 2.34 bits per heavy atom. The minimum absolute atomic E-state index is 0. The maximum Gasteiger partial charge on any atom is 0.230 e. The van der Waals surface area contributed by atoms with E-state index in [0.29, 0.717) is 19.0 Å². The Kier molecular flexibility index (Phi) is 8.31. The van der Waals surface area contributed by atoms with Gasteiger partial charge in [-0.2, -0.15) is 0 Å². The van der Waals surface area contributed by atoms with Gasteiger partial charge in [0, 0.05) is 32.6 Å². The Hall–Kier alpha value is -1.38. The number of hydrogen-bond acceptors (Lipinski definition) is 2. The number of nitrogens with one attached hydrogen (secondary N) is 2. The fraction of sp³-hybridized carbons (Fsp3) is 0.636. The molecule has 0 aromatic heterocycles. The number of amides is 1. The molecular weight excluding hydrogens is 482 g/mol. The molecule has 7 heteroatoms. The monoisotopic (exact) mass is 516 g/mol. The van der Waals surface area contributed by atoms with Gasteiger partial charge in [-0.15, -0.1) is 24.0 Å². The topological polar surface area (TPSA) is 56.7 Å². The number of aliphatic imine (C=N–C) groups is 1. The van der Waals surface area contributed by atoms with Gasteiger partial charge in [0.1, 0.15) is 5.82 Å². The first-order valence-corrected chi connectivity index (χ1v) is 10.4. The summed E-state index contributed by atoms with van der Waals surface area (Å²) in [6.45, 7) is 3.91. The predicted octanol–water partition coefficient (Wildman–Crippen LogP) is 3.68. The molecule has 3 rings (SSSR count). The van der Waals surface area contributed by atoms with Crippen LogP contribution in [0.15, 0.2) is 29.3 Å². The summed E-state index contributed by atoms with van der Waals surface area (Å²) >= 11 is 0. The first kappa shape index (κ1) is 23.9. The van der Waals surface area contributed by atoms with E-state index < -0.39 is 0 Å². The summed E-state index contributed by atoms with van der Waals surface area (Å²) in [6, 6.07) is 7.05. The second-order valence-corrected chi connectivity index (χ2v) is 8.50. The second-order valence-electron chi connectivity index (χ2n) is 8.50. The maximum absolute atomic E-state index is 14.2. The van der Waals surface area contributed by atoms with Crippen LogP contribution in [0.1, 0.15) is 51.0 Å². The summed E-state index contributed by atoms with van der Waals surface area (Å²) in [6.07, 6.45) is 5.90. The van der Waals surface area contributed by atoms with Crippen molar-refractivity contribution in [2.24, 2.45) is 10.4 Å². The van der Waals surface area contributed by atoms with Crippen molar-refractivity contribution >= 4 is 35.8 Å². The van der Waals surface area contributed by atoms with Crippen molar-refractivity contribution in [1.29, 1.82) is 0 Å². The van der Waals surface area contributed by atoms with E-state index in [-0.39, 0.29) is 46.5 Å². The van der Waals surface area contributed by atoms with E-state index in [1.165, 1.54) is 6.07 Å². The van der Waals surface area contributed by atoms with Crippen molar-refractivity contribution in [3.05, 3.63) is 35.6 Å². The Balaban J connectivity index is 0.00000300. The van der Waals surface area contributed by atoms with Gasteiger partial charge < -0.3 is 15.5 Å². The minimum atomic E-state index is -0.380. The van der Waals surface area contributed by atoms with Crippen LogP contribution in [0.25, 0.3) is 0 Å². The number of hydrogen-bond donors (Lipinski definition) is 2. The molecule has 29 heavy (non-hydrogen) atoms. The summed E-state index contributed by atoms with van der Waals surface area (Å²) in [4.78, 5) is 19.2. The number of nitrogens with zero attached hydrogens (tertiary/aromatic N) is 2. The van der Waals surface area contributed by atoms with Crippen LogP contribution in [0.2, 0.25) is 0 Å². The van der Waals surface area contributed by atoms with Crippen molar-refractivity contribution in [3.63, 3.8) is 0 Å². The quantitative estimate of drug-likeness (QED) is 0.331. The van der Waals surface area contributed by atoms with Crippen LogP contribution in [0.5, 0.6) is 0 Å². The van der Waals surface area contributed by atoms with Crippen LogP contribution in [-0.4, -0.2) is 50.5 Å². The molecule has 2 aliphatic carbocycles. The second kappa shape index (κ2) is 10.1. The molecule has 1 aromatic carbocycles. The lowest BCUT2D eigenvalue weighted by atomic mass is 9.85. The molecule has 0 spiro atoms. The van der Waals surface area contributed by atoms with Crippen molar-refractivity contribution in [3.8, 4) is 0 Å². The number of halogens is 2. The van der Waals surface area contributed by atoms with Crippen molar-refractivity contribution in [1.82, 2.24) is 15.5 Å². The lowest BCUT2D eigenvalue weighted by Crippen LogP contribution is -2.44. The number of benzene rings is 1. The summed E-state index contributed by atoms with van der Waals surface area (Å²) in [5.74, 6) is 0.753. The summed E-state index contributed by atoms with van der Waals surface area (Å²) in [5, 5.41) is 6.68. The highest BCUT2D eigenvalue weighted by molar-refractivity contribution is 14.0. The third kappa shape index (κ3) is 5.41. The van der Waals surface area contributed by atoms with Gasteiger partial charge >= 0.3 is 0 Å². The molecule has 2 aliphatic rings. The van der Waals surface area contributed by atoms with Crippen LogP contribution in [0.4, 0.5) is 4.39 Å². The molecule has 2 N–H and O–H groups in total. The SMILES string of the molecule is CCNC(=NCC1(C(=O)N(C)C)CCCC1)NCC1(c2ccccc2F)CC1.I. The largest absolute Gasteiger partial charge is 0.357 e. The van der Waals surface area contributed by atoms with Gasteiger partial charge in [-0.3, -0.25) is 9.79 Å². The summed E-state index contributed by atoms with van der Waals surface area (Å²) in [7, 11) is 3.64. The van der Waals surface area contributed by atoms with E-state index in [2.05, 4.69) is 10.6 Å². The first-order valence-electron chi connectivity index (χ1n) is 10.4. The molecule has 0 radical (unpaired) electrons. The first-order chi connectivity index (χ1) is 13.4. The molecule has 2 fully saturated rings. The highest BCUT2D eigenvalue weighted by Gasteiger charge is 2.46.